The van der Waals surface area contributed by atoms with Crippen LogP contribution in [0, 0.1) is 13.8 Å². The largest absolute Gasteiger partial charge is 0.378 e. The first-order valence-electron chi connectivity index (χ1n) is 9.69. The third-order valence-corrected chi connectivity index (χ3v) is 7.06. The summed E-state index contributed by atoms with van der Waals surface area (Å²) in [6.45, 7) is 6.32. The van der Waals surface area contributed by atoms with Crippen LogP contribution in [-0.4, -0.2) is 76.1 Å². The highest BCUT2D eigenvalue weighted by molar-refractivity contribution is 7.89. The van der Waals surface area contributed by atoms with Crippen LogP contribution in [0.1, 0.15) is 27.4 Å². The summed E-state index contributed by atoms with van der Waals surface area (Å²) in [5.41, 5.74) is 2.61. The van der Waals surface area contributed by atoms with E-state index >= 15 is 0 Å². The summed E-state index contributed by atoms with van der Waals surface area (Å²) in [5, 5.41) is 3.94. The molecule has 10 heteroatoms. The molecule has 0 saturated carbocycles. The number of rotatable bonds is 6. The first-order chi connectivity index (χ1) is 14.1. The molecule has 1 aromatic carbocycles. The molecule has 30 heavy (non-hydrogen) atoms. The van der Waals surface area contributed by atoms with Crippen LogP contribution in [-0.2, 0) is 21.3 Å². The van der Waals surface area contributed by atoms with Gasteiger partial charge in [-0.15, -0.1) is 0 Å². The summed E-state index contributed by atoms with van der Waals surface area (Å²) >= 11 is 0. The zero-order chi connectivity index (χ0) is 22.1. The number of morpholine rings is 1. The molecule has 2 aromatic rings. The third-order valence-electron chi connectivity index (χ3n) is 5.25. The fourth-order valence-corrected chi connectivity index (χ4v) is 4.31. The van der Waals surface area contributed by atoms with Crippen molar-refractivity contribution in [2.24, 2.45) is 0 Å². The molecule has 164 valence electrons. The third kappa shape index (κ3) is 4.35. The number of hydrogen-bond acceptors (Lipinski definition) is 7. The van der Waals surface area contributed by atoms with Gasteiger partial charge in [0.2, 0.25) is 10.0 Å². The predicted octanol–water partition coefficient (Wildman–Crippen LogP) is 1.65. The zero-order valence-corrected chi connectivity index (χ0v) is 18.8. The Labute approximate surface area is 177 Å². The molecule has 1 aliphatic heterocycles. The number of anilines is 1. The summed E-state index contributed by atoms with van der Waals surface area (Å²) in [6.07, 6.45) is 0. The number of carbonyl (C=O) groups is 1. The van der Waals surface area contributed by atoms with Crippen LogP contribution in [0.5, 0.6) is 0 Å². The molecule has 1 aliphatic rings. The fourth-order valence-electron chi connectivity index (χ4n) is 3.38. The van der Waals surface area contributed by atoms with Crippen LogP contribution in [0.2, 0.25) is 0 Å². The van der Waals surface area contributed by atoms with E-state index in [0.29, 0.717) is 49.9 Å². The SMILES string of the molecule is Cc1noc(C)c1CN(C)C(=O)c1cc(S(=O)(=O)N(C)C)ccc1N1CCOCC1. The van der Waals surface area contributed by atoms with Gasteiger partial charge in [-0.05, 0) is 32.0 Å². The molecule has 0 atom stereocenters. The number of sulfonamides is 1. The second-order valence-electron chi connectivity index (χ2n) is 7.53. The molecule has 3 rings (SSSR count). The van der Waals surface area contributed by atoms with E-state index in [1.165, 1.54) is 20.2 Å². The monoisotopic (exact) mass is 436 g/mol. The van der Waals surface area contributed by atoms with Gasteiger partial charge in [-0.1, -0.05) is 5.16 Å². The van der Waals surface area contributed by atoms with Gasteiger partial charge in [-0.3, -0.25) is 4.79 Å². The van der Waals surface area contributed by atoms with E-state index < -0.39 is 10.0 Å². The molecule has 0 N–H and O–H groups in total. The molecule has 1 saturated heterocycles. The Morgan fingerprint density at radius 2 is 1.83 bits per heavy atom. The van der Waals surface area contributed by atoms with E-state index in [1.54, 1.807) is 31.0 Å². The smallest absolute Gasteiger partial charge is 0.256 e. The Balaban J connectivity index is 2.01. The van der Waals surface area contributed by atoms with Crippen molar-refractivity contribution in [1.29, 1.82) is 0 Å². The van der Waals surface area contributed by atoms with E-state index in [9.17, 15) is 13.2 Å². The molecule has 1 aromatic heterocycles. The summed E-state index contributed by atoms with van der Waals surface area (Å²) < 4.78 is 37.1. The lowest BCUT2D eigenvalue weighted by atomic mass is 10.1. The molecule has 2 heterocycles. The summed E-state index contributed by atoms with van der Waals surface area (Å²) in [6, 6.07) is 4.72. The fraction of sp³-hybridized carbons (Fsp3) is 0.500. The molecule has 1 fully saturated rings. The standard InChI is InChI=1S/C20H28N4O5S/c1-14-18(15(2)29-21-14)13-23(5)20(25)17-12-16(30(26,27)22(3)4)6-7-19(17)24-8-10-28-11-9-24/h6-7,12H,8-11,13H2,1-5H3. The highest BCUT2D eigenvalue weighted by Crippen LogP contribution is 2.28. The van der Waals surface area contributed by atoms with Crippen molar-refractivity contribution >= 4 is 21.6 Å². The molecule has 0 bridgehead atoms. The average molecular weight is 437 g/mol. The molecule has 0 radical (unpaired) electrons. The number of benzene rings is 1. The second kappa shape index (κ2) is 8.75. The highest BCUT2D eigenvalue weighted by Gasteiger charge is 2.26. The van der Waals surface area contributed by atoms with Crippen LogP contribution in [0.3, 0.4) is 0 Å². The van der Waals surface area contributed by atoms with Gasteiger partial charge in [0.05, 0.1) is 35.9 Å². The molecule has 0 spiro atoms. The number of ether oxygens (including phenoxy) is 1. The number of hydrogen-bond donors (Lipinski definition) is 0. The van der Waals surface area contributed by atoms with E-state index in [2.05, 4.69) is 5.16 Å². The summed E-state index contributed by atoms with van der Waals surface area (Å²) in [4.78, 5) is 17.1. The van der Waals surface area contributed by atoms with Crippen LogP contribution in [0.25, 0.3) is 0 Å². The molecule has 0 unspecified atom stereocenters. The van der Waals surface area contributed by atoms with Crippen molar-refractivity contribution < 1.29 is 22.5 Å². The van der Waals surface area contributed by atoms with Crippen LogP contribution < -0.4 is 4.90 Å². The second-order valence-corrected chi connectivity index (χ2v) is 9.68. The maximum Gasteiger partial charge on any atom is 0.256 e. The molecular formula is C20H28N4O5S. The Hall–Kier alpha value is -2.43. The molecular weight excluding hydrogens is 408 g/mol. The number of aryl methyl sites for hydroxylation is 2. The average Bonchev–Trinajstić information content (AvgIpc) is 3.05. The van der Waals surface area contributed by atoms with Crippen molar-refractivity contribution in [1.82, 2.24) is 14.4 Å². The number of aromatic nitrogens is 1. The summed E-state index contributed by atoms with van der Waals surface area (Å²) in [7, 11) is 0.947. The van der Waals surface area contributed by atoms with Gasteiger partial charge in [0.25, 0.3) is 5.91 Å². The minimum Gasteiger partial charge on any atom is -0.378 e. The van der Waals surface area contributed by atoms with E-state index in [0.717, 1.165) is 15.6 Å². The van der Waals surface area contributed by atoms with Crippen molar-refractivity contribution in [3.8, 4) is 0 Å². The normalized spacial score (nSPS) is 14.9. The molecule has 0 aliphatic carbocycles. The number of amides is 1. The van der Waals surface area contributed by atoms with Gasteiger partial charge in [-0.2, -0.15) is 0 Å². The molecule has 9 nitrogen and oxygen atoms in total. The Bertz CT molecular complexity index is 1010. The topological polar surface area (TPSA) is 96.2 Å². The van der Waals surface area contributed by atoms with Gasteiger partial charge in [0, 0.05) is 45.5 Å². The van der Waals surface area contributed by atoms with Crippen LogP contribution in [0.4, 0.5) is 5.69 Å². The summed E-state index contributed by atoms with van der Waals surface area (Å²) in [5.74, 6) is 0.386. The van der Waals surface area contributed by atoms with Gasteiger partial charge in [-0.25, -0.2) is 12.7 Å². The van der Waals surface area contributed by atoms with Crippen molar-refractivity contribution in [3.63, 3.8) is 0 Å². The van der Waals surface area contributed by atoms with Crippen LogP contribution in [0.15, 0.2) is 27.6 Å². The van der Waals surface area contributed by atoms with Gasteiger partial charge >= 0.3 is 0 Å². The predicted molar refractivity (Wildman–Crippen MR) is 112 cm³/mol. The first-order valence-corrected chi connectivity index (χ1v) is 11.1. The Kier molecular flexibility index (Phi) is 6.49. The lowest BCUT2D eigenvalue weighted by molar-refractivity contribution is 0.0783. The van der Waals surface area contributed by atoms with Gasteiger partial charge in [0.15, 0.2) is 0 Å². The van der Waals surface area contributed by atoms with Crippen molar-refractivity contribution in [3.05, 3.63) is 40.8 Å². The minimum atomic E-state index is -3.68. The maximum absolute atomic E-state index is 13.4. The van der Waals surface area contributed by atoms with Gasteiger partial charge in [0.1, 0.15) is 5.76 Å². The molecule has 1 amide bonds. The highest BCUT2D eigenvalue weighted by atomic mass is 32.2. The number of carbonyl (C=O) groups excluding carboxylic acids is 1. The lowest BCUT2D eigenvalue weighted by Gasteiger charge is -2.31. The quantitative estimate of drug-likeness (QED) is 0.679. The first kappa shape index (κ1) is 22.3. The minimum absolute atomic E-state index is 0.0820. The lowest BCUT2D eigenvalue weighted by Crippen LogP contribution is -2.38. The van der Waals surface area contributed by atoms with E-state index in [1.807, 2.05) is 11.8 Å². The van der Waals surface area contributed by atoms with E-state index in [4.69, 9.17) is 9.26 Å². The Morgan fingerprint density at radius 3 is 2.40 bits per heavy atom. The van der Waals surface area contributed by atoms with Crippen molar-refractivity contribution in [2.45, 2.75) is 25.3 Å². The van der Waals surface area contributed by atoms with Crippen LogP contribution >= 0.6 is 0 Å². The Morgan fingerprint density at radius 1 is 1.17 bits per heavy atom. The van der Waals surface area contributed by atoms with Crippen molar-refractivity contribution in [2.75, 3.05) is 52.3 Å². The zero-order valence-electron chi connectivity index (χ0n) is 18.0. The van der Waals surface area contributed by atoms with E-state index in [-0.39, 0.29) is 10.8 Å². The maximum atomic E-state index is 13.4. The van der Waals surface area contributed by atoms with Gasteiger partial charge < -0.3 is 19.1 Å². The number of nitrogens with zero attached hydrogens (tertiary/aromatic N) is 4.